The molecule has 0 radical (unpaired) electrons. The average molecular weight is 549 g/mol. The van der Waals surface area contributed by atoms with E-state index in [9.17, 15) is 10.1 Å². The summed E-state index contributed by atoms with van der Waals surface area (Å²) in [5.41, 5.74) is 11.5. The van der Waals surface area contributed by atoms with Crippen molar-refractivity contribution in [1.29, 1.82) is 0 Å². The summed E-state index contributed by atoms with van der Waals surface area (Å²) in [7, 11) is 3.37. The Kier molecular flexibility index (Phi) is 11.3. The quantitative estimate of drug-likeness (QED) is 0.0865. The van der Waals surface area contributed by atoms with Crippen LogP contribution in [0.4, 0.5) is 11.4 Å². The number of non-ortho nitro benzene ring substituents is 1. The molecule has 0 aliphatic carbocycles. The fourth-order valence-corrected chi connectivity index (χ4v) is 5.03. The van der Waals surface area contributed by atoms with Crippen molar-refractivity contribution in [3.8, 4) is 0 Å². The first-order valence-electron chi connectivity index (χ1n) is 13.9. The molecular weight excluding hydrogens is 504 g/mol. The van der Waals surface area contributed by atoms with E-state index in [-0.39, 0.29) is 10.6 Å². The molecule has 4 aromatic rings. The Morgan fingerprint density at radius 3 is 2.12 bits per heavy atom. The van der Waals surface area contributed by atoms with E-state index < -0.39 is 0 Å². The molecule has 40 heavy (non-hydrogen) atoms. The summed E-state index contributed by atoms with van der Waals surface area (Å²) in [6, 6.07) is 11.5. The Bertz CT molecular complexity index is 1430. The zero-order valence-electron chi connectivity index (χ0n) is 24.7. The van der Waals surface area contributed by atoms with Crippen LogP contribution in [-0.4, -0.2) is 41.5 Å². The Morgan fingerprint density at radius 1 is 0.925 bits per heavy atom. The number of aryl methyl sites for hydroxylation is 1. The molecule has 0 unspecified atom stereocenters. The van der Waals surface area contributed by atoms with Crippen LogP contribution in [0.2, 0.25) is 0 Å². The third-order valence-electron chi connectivity index (χ3n) is 6.53. The molecule has 2 aromatic carbocycles. The number of nitrogens with two attached hydrogens (primary N) is 1. The Hall–Kier alpha value is -3.62. The zero-order valence-corrected chi connectivity index (χ0v) is 24.7. The molecule has 0 amide bonds. The maximum Gasteiger partial charge on any atom is 0.270 e. The lowest BCUT2D eigenvalue weighted by atomic mass is 10.1. The normalized spacial score (nSPS) is 11.7. The Balaban J connectivity index is 0.000000222. The van der Waals surface area contributed by atoms with Crippen LogP contribution in [0.15, 0.2) is 54.9 Å². The number of fused-ring (bicyclic) bond motifs is 2. The minimum Gasteiger partial charge on any atom is -0.399 e. The van der Waals surface area contributed by atoms with Gasteiger partial charge in [0.05, 0.1) is 22.6 Å². The fourth-order valence-electron chi connectivity index (χ4n) is 5.03. The van der Waals surface area contributed by atoms with Gasteiger partial charge in [-0.1, -0.05) is 39.8 Å². The van der Waals surface area contributed by atoms with E-state index >= 15 is 0 Å². The van der Waals surface area contributed by atoms with Crippen LogP contribution in [-0.2, 0) is 29.0 Å². The van der Waals surface area contributed by atoms with E-state index in [0.717, 1.165) is 54.7 Å². The number of nitrogens with zero attached hydrogens (tertiary/aromatic N) is 3. The molecule has 8 heteroatoms. The molecule has 0 saturated carbocycles. The second-order valence-corrected chi connectivity index (χ2v) is 11.0. The van der Waals surface area contributed by atoms with E-state index in [2.05, 4.69) is 61.2 Å². The minimum atomic E-state index is -0.354. The summed E-state index contributed by atoms with van der Waals surface area (Å²) in [5.74, 6) is 1.14. The van der Waals surface area contributed by atoms with Gasteiger partial charge in [-0.05, 0) is 54.5 Å². The van der Waals surface area contributed by atoms with Gasteiger partial charge in [0.25, 0.3) is 5.69 Å². The van der Waals surface area contributed by atoms with Gasteiger partial charge in [-0.25, -0.2) is 0 Å². The second kappa shape index (κ2) is 14.7. The summed E-state index contributed by atoms with van der Waals surface area (Å²) in [4.78, 5) is 10.7. The molecule has 4 rings (SSSR count). The van der Waals surface area contributed by atoms with Crippen molar-refractivity contribution in [2.75, 3.05) is 33.2 Å². The zero-order chi connectivity index (χ0) is 29.2. The van der Waals surface area contributed by atoms with Crippen LogP contribution in [0, 0.1) is 22.0 Å². The van der Waals surface area contributed by atoms with Gasteiger partial charge in [0.15, 0.2) is 0 Å². The van der Waals surface area contributed by atoms with Crippen molar-refractivity contribution in [3.05, 3.63) is 76.1 Å². The van der Waals surface area contributed by atoms with Crippen LogP contribution < -0.4 is 5.73 Å². The standard InChI is InChI=1S/C16H20N2O3.C16H24N2O/c1-12(2)11-17-7-6-14-10-15(18(19)20)9-13(16(14)17)5-4-8-21-3;1-12(2)11-18-7-6-14-10-15(17)9-13(16(14)18)5-4-8-19-3/h4-7,9-10,12H,8,11H2,1-3H3;6-7,9-10,12H,4-5,8,11,17H2,1-3H3/b5-4+;. The third kappa shape index (κ3) is 8.19. The van der Waals surface area contributed by atoms with Gasteiger partial charge in [0, 0.05) is 80.5 Å². The van der Waals surface area contributed by atoms with Crippen molar-refractivity contribution in [3.63, 3.8) is 0 Å². The van der Waals surface area contributed by atoms with Gasteiger partial charge >= 0.3 is 0 Å². The molecular formula is C32H44N4O4. The lowest BCUT2D eigenvalue weighted by molar-refractivity contribution is -0.384. The van der Waals surface area contributed by atoms with Gasteiger partial charge in [0.2, 0.25) is 0 Å². The van der Waals surface area contributed by atoms with E-state index in [4.69, 9.17) is 15.2 Å². The average Bonchev–Trinajstić information content (AvgIpc) is 3.47. The molecule has 216 valence electrons. The topological polar surface area (TPSA) is 97.5 Å². The lowest BCUT2D eigenvalue weighted by Crippen LogP contribution is -2.05. The number of nitro groups is 1. The lowest BCUT2D eigenvalue weighted by Gasteiger charge is -2.12. The Morgan fingerprint density at radius 2 is 1.55 bits per heavy atom. The highest BCUT2D eigenvalue weighted by atomic mass is 16.6. The maximum atomic E-state index is 11.1. The number of hydrogen-bond acceptors (Lipinski definition) is 5. The third-order valence-corrected chi connectivity index (χ3v) is 6.53. The Labute approximate surface area is 237 Å². The molecule has 8 nitrogen and oxygen atoms in total. The molecule has 0 atom stereocenters. The predicted octanol–water partition coefficient (Wildman–Crippen LogP) is 7.32. The minimum absolute atomic E-state index is 0.113. The molecule has 0 saturated heterocycles. The fraction of sp³-hybridized carbons (Fsp3) is 0.438. The number of nitrogen functional groups attached to an aromatic ring is 1. The van der Waals surface area contributed by atoms with Crippen molar-refractivity contribution < 1.29 is 14.4 Å². The molecule has 0 fully saturated rings. The van der Waals surface area contributed by atoms with Crippen molar-refractivity contribution in [1.82, 2.24) is 9.13 Å². The molecule has 2 aromatic heterocycles. The van der Waals surface area contributed by atoms with Crippen molar-refractivity contribution in [2.45, 2.75) is 53.6 Å². The number of ether oxygens (including phenoxy) is 2. The second-order valence-electron chi connectivity index (χ2n) is 11.0. The first kappa shape index (κ1) is 30.9. The number of nitro benzene ring substituents is 1. The van der Waals surface area contributed by atoms with Gasteiger partial charge < -0.3 is 24.3 Å². The summed E-state index contributed by atoms with van der Waals surface area (Å²) >= 11 is 0. The molecule has 0 bridgehead atoms. The smallest absolute Gasteiger partial charge is 0.270 e. The number of aromatic nitrogens is 2. The summed E-state index contributed by atoms with van der Waals surface area (Å²) in [6.45, 7) is 12.0. The van der Waals surface area contributed by atoms with E-state index in [1.165, 1.54) is 16.5 Å². The van der Waals surface area contributed by atoms with Crippen molar-refractivity contribution in [2.24, 2.45) is 11.8 Å². The molecule has 0 aliphatic heterocycles. The van der Waals surface area contributed by atoms with E-state index in [1.807, 2.05) is 24.4 Å². The maximum absolute atomic E-state index is 11.1. The largest absolute Gasteiger partial charge is 0.399 e. The first-order chi connectivity index (χ1) is 19.1. The molecule has 0 spiro atoms. The number of benzene rings is 2. The summed E-state index contributed by atoms with van der Waals surface area (Å²) in [6.07, 6.45) is 9.95. The van der Waals surface area contributed by atoms with Gasteiger partial charge in [-0.2, -0.15) is 0 Å². The summed E-state index contributed by atoms with van der Waals surface area (Å²) in [5, 5.41) is 13.2. The summed E-state index contributed by atoms with van der Waals surface area (Å²) < 4.78 is 14.6. The first-order valence-corrected chi connectivity index (χ1v) is 13.9. The number of hydrogen-bond donors (Lipinski definition) is 1. The van der Waals surface area contributed by atoms with E-state index in [0.29, 0.717) is 18.4 Å². The van der Waals surface area contributed by atoms with Crippen LogP contribution in [0.25, 0.3) is 27.9 Å². The van der Waals surface area contributed by atoms with Crippen LogP contribution in [0.3, 0.4) is 0 Å². The van der Waals surface area contributed by atoms with Gasteiger partial charge in [-0.3, -0.25) is 10.1 Å². The SMILES string of the molecule is COC/C=C/c1cc([N+](=O)[O-])cc2ccn(CC(C)C)c12.COCCCc1cc(N)cc2ccn(CC(C)C)c12. The number of rotatable bonds is 12. The molecule has 2 heterocycles. The van der Waals surface area contributed by atoms with Crippen molar-refractivity contribution >= 4 is 39.3 Å². The van der Waals surface area contributed by atoms with Gasteiger partial charge in [-0.15, -0.1) is 0 Å². The molecule has 0 aliphatic rings. The highest BCUT2D eigenvalue weighted by Crippen LogP contribution is 2.28. The van der Waals surface area contributed by atoms with Crippen LogP contribution in [0.1, 0.15) is 45.2 Å². The van der Waals surface area contributed by atoms with E-state index in [1.54, 1.807) is 26.4 Å². The highest BCUT2D eigenvalue weighted by molar-refractivity contribution is 5.91. The highest BCUT2D eigenvalue weighted by Gasteiger charge is 2.14. The van der Waals surface area contributed by atoms with Crippen LogP contribution in [0.5, 0.6) is 0 Å². The monoisotopic (exact) mass is 548 g/mol. The number of anilines is 1. The van der Waals surface area contributed by atoms with Crippen LogP contribution >= 0.6 is 0 Å². The number of methoxy groups -OCH3 is 2. The predicted molar refractivity (Wildman–Crippen MR) is 166 cm³/mol. The molecule has 2 N–H and O–H groups in total. The van der Waals surface area contributed by atoms with Gasteiger partial charge in [0.1, 0.15) is 0 Å².